The lowest BCUT2D eigenvalue weighted by atomic mass is 10.2. The molecule has 4 nitrogen and oxygen atoms in total. The maximum Gasteiger partial charge on any atom is 0.127 e. The van der Waals surface area contributed by atoms with Gasteiger partial charge >= 0.3 is 0 Å². The molecule has 0 radical (unpaired) electrons. The number of rotatable bonds is 5. The molecule has 0 atom stereocenters. The summed E-state index contributed by atoms with van der Waals surface area (Å²) in [6.07, 6.45) is 3.55. The Labute approximate surface area is 164 Å². The molecule has 27 heavy (non-hydrogen) atoms. The largest absolute Gasteiger partial charge is 0.264 e. The molecule has 0 fully saturated rings. The first kappa shape index (κ1) is 17.8. The number of hydrogen-bond donors (Lipinski definition) is 0. The molecule has 134 valence electrons. The summed E-state index contributed by atoms with van der Waals surface area (Å²) in [5.74, 6) is 0.323. The Bertz CT molecular complexity index is 1050. The molecule has 3 heterocycles. The number of thiazole rings is 1. The molecule has 0 saturated heterocycles. The lowest BCUT2D eigenvalue weighted by molar-refractivity contribution is 0.617. The lowest BCUT2D eigenvalue weighted by Crippen LogP contribution is -1.91. The molecule has 1 aromatic carbocycles. The molecule has 0 unspecified atom stereocenters. The van der Waals surface area contributed by atoms with Crippen LogP contribution in [0.3, 0.4) is 0 Å². The van der Waals surface area contributed by atoms with Gasteiger partial charge in [0.1, 0.15) is 21.5 Å². The van der Waals surface area contributed by atoms with E-state index in [0.717, 1.165) is 31.9 Å². The molecule has 0 saturated carbocycles. The van der Waals surface area contributed by atoms with Crippen LogP contribution in [0.5, 0.6) is 0 Å². The molecule has 0 spiro atoms. The van der Waals surface area contributed by atoms with Crippen LogP contribution in [0.15, 0.2) is 66.0 Å². The Morgan fingerprint density at radius 2 is 1.93 bits per heavy atom. The first-order valence-corrected chi connectivity index (χ1v) is 10.1. The van der Waals surface area contributed by atoms with Crippen molar-refractivity contribution in [3.8, 4) is 21.1 Å². The zero-order valence-electron chi connectivity index (χ0n) is 14.5. The topological polar surface area (TPSA) is 51.6 Å². The van der Waals surface area contributed by atoms with Crippen LogP contribution in [-0.4, -0.2) is 20.2 Å². The van der Waals surface area contributed by atoms with E-state index in [0.29, 0.717) is 11.3 Å². The summed E-state index contributed by atoms with van der Waals surface area (Å²) in [7, 11) is 0. The number of benzene rings is 1. The minimum atomic E-state index is -0.196. The van der Waals surface area contributed by atoms with Crippen molar-refractivity contribution in [2.24, 2.45) is 0 Å². The average Bonchev–Trinajstić information content (AvgIpc) is 3.10. The van der Waals surface area contributed by atoms with Gasteiger partial charge in [-0.05, 0) is 42.8 Å². The third kappa shape index (κ3) is 4.04. The van der Waals surface area contributed by atoms with Crippen molar-refractivity contribution in [1.29, 1.82) is 0 Å². The predicted octanol–water partition coefficient (Wildman–Crippen LogP) is 5.40. The van der Waals surface area contributed by atoms with E-state index in [4.69, 9.17) is 0 Å². The van der Waals surface area contributed by atoms with Crippen molar-refractivity contribution in [3.05, 3.63) is 78.0 Å². The van der Waals surface area contributed by atoms with Crippen LogP contribution in [0.1, 0.15) is 11.3 Å². The van der Waals surface area contributed by atoms with Gasteiger partial charge in [0, 0.05) is 23.7 Å². The fourth-order valence-corrected chi connectivity index (χ4v) is 4.35. The first-order chi connectivity index (χ1) is 13.2. The number of pyridine rings is 1. The molecule has 4 rings (SSSR count). The zero-order chi connectivity index (χ0) is 18.6. The summed E-state index contributed by atoms with van der Waals surface area (Å²) in [6.45, 7) is 1.97. The van der Waals surface area contributed by atoms with Crippen molar-refractivity contribution < 1.29 is 4.39 Å². The number of halogens is 1. The highest BCUT2D eigenvalue weighted by Gasteiger charge is 2.13. The summed E-state index contributed by atoms with van der Waals surface area (Å²) in [4.78, 5) is 9.77. The minimum absolute atomic E-state index is 0.196. The van der Waals surface area contributed by atoms with Gasteiger partial charge in [-0.1, -0.05) is 30.0 Å². The molecule has 0 aliphatic heterocycles. The molecule has 3 aromatic heterocycles. The van der Waals surface area contributed by atoms with Gasteiger partial charge in [0.15, 0.2) is 0 Å². The predicted molar refractivity (Wildman–Crippen MR) is 107 cm³/mol. The summed E-state index contributed by atoms with van der Waals surface area (Å²) in [6, 6.07) is 14.5. The second kappa shape index (κ2) is 7.94. The standard InChI is InChI=1S/C20H15FN4S2/c1-13-19(27-20(23-13)14-6-4-10-22-11-14)17-8-9-18(25-24-17)26-12-15-5-2-3-7-16(15)21/h2-11H,12H2,1H3. The molecule has 0 amide bonds. The van der Waals surface area contributed by atoms with Gasteiger partial charge in [-0.2, -0.15) is 0 Å². The van der Waals surface area contributed by atoms with Crippen molar-refractivity contribution in [1.82, 2.24) is 20.2 Å². The Hall–Kier alpha value is -2.64. The van der Waals surface area contributed by atoms with Gasteiger partial charge in [0.25, 0.3) is 0 Å². The monoisotopic (exact) mass is 394 g/mol. The number of aromatic nitrogens is 4. The van der Waals surface area contributed by atoms with E-state index < -0.39 is 0 Å². The minimum Gasteiger partial charge on any atom is -0.264 e. The third-order valence-electron chi connectivity index (χ3n) is 3.91. The molecule has 0 aliphatic carbocycles. The van der Waals surface area contributed by atoms with Crippen molar-refractivity contribution in [2.45, 2.75) is 17.7 Å². The van der Waals surface area contributed by atoms with E-state index in [1.54, 1.807) is 35.9 Å². The Morgan fingerprint density at radius 1 is 1.04 bits per heavy atom. The maximum absolute atomic E-state index is 13.7. The van der Waals surface area contributed by atoms with Gasteiger partial charge in [0.2, 0.25) is 0 Å². The fraction of sp³-hybridized carbons (Fsp3) is 0.100. The van der Waals surface area contributed by atoms with E-state index in [9.17, 15) is 4.39 Å². The molecular weight excluding hydrogens is 379 g/mol. The molecule has 0 N–H and O–H groups in total. The van der Waals surface area contributed by atoms with E-state index in [1.165, 1.54) is 17.8 Å². The Balaban J connectivity index is 1.51. The maximum atomic E-state index is 13.7. The van der Waals surface area contributed by atoms with Crippen molar-refractivity contribution in [3.63, 3.8) is 0 Å². The van der Waals surface area contributed by atoms with E-state index >= 15 is 0 Å². The number of hydrogen-bond acceptors (Lipinski definition) is 6. The van der Waals surface area contributed by atoms with Gasteiger partial charge < -0.3 is 0 Å². The third-order valence-corrected chi connectivity index (χ3v) is 6.11. The van der Waals surface area contributed by atoms with Crippen LogP contribution in [0, 0.1) is 12.7 Å². The highest BCUT2D eigenvalue weighted by molar-refractivity contribution is 7.98. The molecule has 0 bridgehead atoms. The zero-order valence-corrected chi connectivity index (χ0v) is 16.1. The van der Waals surface area contributed by atoms with Gasteiger partial charge in [-0.15, -0.1) is 21.5 Å². The van der Waals surface area contributed by atoms with Crippen LogP contribution < -0.4 is 0 Å². The Kier molecular flexibility index (Phi) is 5.22. The van der Waals surface area contributed by atoms with Crippen molar-refractivity contribution >= 4 is 23.1 Å². The first-order valence-electron chi connectivity index (χ1n) is 8.29. The van der Waals surface area contributed by atoms with E-state index in [-0.39, 0.29) is 5.82 Å². The fourth-order valence-electron chi connectivity index (χ4n) is 2.53. The van der Waals surface area contributed by atoms with Crippen LogP contribution >= 0.6 is 23.1 Å². The summed E-state index contributed by atoms with van der Waals surface area (Å²) >= 11 is 3.04. The molecule has 4 aromatic rings. The van der Waals surface area contributed by atoms with Crippen molar-refractivity contribution in [2.75, 3.05) is 0 Å². The number of aryl methyl sites for hydroxylation is 1. The smallest absolute Gasteiger partial charge is 0.127 e. The van der Waals surface area contributed by atoms with Gasteiger partial charge in [-0.3, -0.25) is 4.98 Å². The SMILES string of the molecule is Cc1nc(-c2cccnc2)sc1-c1ccc(SCc2ccccc2F)nn1. The molecule has 0 aliphatic rings. The number of nitrogens with zero attached hydrogens (tertiary/aromatic N) is 4. The van der Waals surface area contributed by atoms with E-state index in [2.05, 4.69) is 20.2 Å². The lowest BCUT2D eigenvalue weighted by Gasteiger charge is -2.03. The Morgan fingerprint density at radius 3 is 2.67 bits per heavy atom. The summed E-state index contributed by atoms with van der Waals surface area (Å²) in [5, 5.41) is 10.3. The summed E-state index contributed by atoms with van der Waals surface area (Å²) < 4.78 is 13.7. The quantitative estimate of drug-likeness (QED) is 0.424. The highest BCUT2D eigenvalue weighted by atomic mass is 32.2. The van der Waals surface area contributed by atoms with Crippen LogP contribution in [0.2, 0.25) is 0 Å². The number of thioether (sulfide) groups is 1. The van der Waals surface area contributed by atoms with Gasteiger partial charge in [-0.25, -0.2) is 9.37 Å². The normalized spacial score (nSPS) is 10.9. The van der Waals surface area contributed by atoms with Crippen LogP contribution in [0.25, 0.3) is 21.1 Å². The molecule has 7 heteroatoms. The second-order valence-corrected chi connectivity index (χ2v) is 7.81. The van der Waals surface area contributed by atoms with Crippen LogP contribution in [0.4, 0.5) is 4.39 Å². The average molecular weight is 395 g/mol. The molecular formula is C20H15FN4S2. The second-order valence-electron chi connectivity index (χ2n) is 5.81. The van der Waals surface area contributed by atoms with Gasteiger partial charge in [0.05, 0.1) is 10.6 Å². The highest BCUT2D eigenvalue weighted by Crippen LogP contribution is 2.34. The van der Waals surface area contributed by atoms with Crippen LogP contribution in [-0.2, 0) is 5.75 Å². The summed E-state index contributed by atoms with van der Waals surface area (Å²) in [5.41, 5.74) is 3.35. The van der Waals surface area contributed by atoms with E-state index in [1.807, 2.05) is 37.3 Å².